The zero-order chi connectivity index (χ0) is 22.9. The highest BCUT2D eigenvalue weighted by Crippen LogP contribution is 2.36. The van der Waals surface area contributed by atoms with E-state index >= 15 is 0 Å². The van der Waals surface area contributed by atoms with Crippen LogP contribution in [0.25, 0.3) is 0 Å². The summed E-state index contributed by atoms with van der Waals surface area (Å²) in [4.78, 5) is 25.2. The Balaban J connectivity index is 1.48. The monoisotopic (exact) mass is 458 g/mol. The molecule has 0 saturated heterocycles. The molecule has 2 saturated carbocycles. The Morgan fingerprint density at radius 3 is 2.16 bits per heavy atom. The molecule has 32 heavy (non-hydrogen) atoms. The molecule has 4 rings (SSSR count). The van der Waals surface area contributed by atoms with E-state index < -0.39 is 15.0 Å². The van der Waals surface area contributed by atoms with E-state index in [1.807, 2.05) is 4.90 Å². The van der Waals surface area contributed by atoms with Gasteiger partial charge in [0.05, 0.1) is 4.92 Å². The van der Waals surface area contributed by atoms with E-state index in [0.717, 1.165) is 44.6 Å². The molecule has 2 aromatic rings. The molecule has 0 N–H and O–H groups in total. The minimum Gasteiger partial charge on any atom is -0.379 e. The van der Waals surface area contributed by atoms with E-state index in [-0.39, 0.29) is 28.3 Å². The first kappa shape index (κ1) is 22.3. The van der Waals surface area contributed by atoms with Gasteiger partial charge in [-0.25, -0.2) is 0 Å². The Morgan fingerprint density at radius 2 is 1.59 bits per heavy atom. The molecule has 170 valence electrons. The number of rotatable bonds is 7. The van der Waals surface area contributed by atoms with Gasteiger partial charge in [-0.15, -0.1) is 0 Å². The molecular weight excluding hydrogens is 432 g/mol. The summed E-state index contributed by atoms with van der Waals surface area (Å²) in [5.74, 6) is 0.712. The van der Waals surface area contributed by atoms with Crippen LogP contribution in [0.4, 0.5) is 5.69 Å². The third kappa shape index (κ3) is 4.93. The maximum absolute atomic E-state index is 13.2. The van der Waals surface area contributed by atoms with Gasteiger partial charge < -0.3 is 9.08 Å². The van der Waals surface area contributed by atoms with E-state index in [4.69, 9.17) is 4.18 Å². The van der Waals surface area contributed by atoms with Crippen LogP contribution in [0.15, 0.2) is 53.4 Å². The highest BCUT2D eigenvalue weighted by atomic mass is 32.2. The summed E-state index contributed by atoms with van der Waals surface area (Å²) in [7, 11) is -4.24. The van der Waals surface area contributed by atoms with E-state index in [0.29, 0.717) is 17.5 Å². The molecule has 0 aliphatic heterocycles. The number of nitro groups is 1. The molecule has 0 radical (unpaired) electrons. The fraction of sp³-hybridized carbons (Fsp3) is 0.435. The second-order valence-corrected chi connectivity index (χ2v) is 10.2. The number of hydrogen-bond acceptors (Lipinski definition) is 6. The molecule has 2 aromatic carbocycles. The lowest BCUT2D eigenvalue weighted by molar-refractivity contribution is -0.385. The second kappa shape index (κ2) is 8.90. The Labute approximate surface area is 187 Å². The average molecular weight is 459 g/mol. The van der Waals surface area contributed by atoms with Crippen LogP contribution in [0.3, 0.4) is 0 Å². The molecule has 2 fully saturated rings. The van der Waals surface area contributed by atoms with E-state index in [1.54, 1.807) is 12.1 Å². The molecule has 0 unspecified atom stereocenters. The molecule has 0 heterocycles. The van der Waals surface area contributed by atoms with Gasteiger partial charge in [-0.2, -0.15) is 8.42 Å². The third-order valence-electron chi connectivity index (χ3n) is 6.18. The molecule has 8 nitrogen and oxygen atoms in total. The van der Waals surface area contributed by atoms with Crippen molar-refractivity contribution in [2.24, 2.45) is 5.92 Å². The number of non-ortho nitro benzene ring substituents is 1. The number of amides is 1. The summed E-state index contributed by atoms with van der Waals surface area (Å²) < 4.78 is 30.2. The minimum absolute atomic E-state index is 0.0276. The maximum atomic E-state index is 13.2. The number of hydrogen-bond donors (Lipinski definition) is 0. The quantitative estimate of drug-likeness (QED) is 0.342. The highest BCUT2D eigenvalue weighted by molar-refractivity contribution is 7.87. The number of benzene rings is 2. The van der Waals surface area contributed by atoms with Crippen molar-refractivity contribution in [3.05, 3.63) is 64.2 Å². The van der Waals surface area contributed by atoms with Gasteiger partial charge in [-0.3, -0.25) is 14.9 Å². The lowest BCUT2D eigenvalue weighted by Gasteiger charge is -2.36. The van der Waals surface area contributed by atoms with Crippen molar-refractivity contribution >= 4 is 21.7 Å². The summed E-state index contributed by atoms with van der Waals surface area (Å²) in [6, 6.07) is 11.3. The Bertz CT molecular complexity index is 1100. The van der Waals surface area contributed by atoms with E-state index in [1.165, 1.54) is 30.3 Å². The van der Waals surface area contributed by atoms with Gasteiger partial charge in [0.25, 0.3) is 11.6 Å². The summed E-state index contributed by atoms with van der Waals surface area (Å²) in [5, 5.41) is 10.9. The second-order valence-electron chi connectivity index (χ2n) is 8.67. The lowest BCUT2D eigenvalue weighted by Crippen LogP contribution is -2.43. The maximum Gasteiger partial charge on any atom is 0.339 e. The molecule has 0 spiro atoms. The highest BCUT2D eigenvalue weighted by Gasteiger charge is 2.38. The Kier molecular flexibility index (Phi) is 6.19. The predicted molar refractivity (Wildman–Crippen MR) is 118 cm³/mol. The largest absolute Gasteiger partial charge is 0.379 e. The number of carbonyl (C=O) groups excluding carboxylic acids is 1. The van der Waals surface area contributed by atoms with Crippen molar-refractivity contribution in [3.63, 3.8) is 0 Å². The average Bonchev–Trinajstić information content (AvgIpc) is 3.60. The van der Waals surface area contributed by atoms with Crippen LogP contribution in [0.2, 0.25) is 0 Å². The van der Waals surface area contributed by atoms with Gasteiger partial charge in [0, 0.05) is 29.8 Å². The molecule has 2 aliphatic carbocycles. The summed E-state index contributed by atoms with van der Waals surface area (Å²) in [6.45, 7) is 2.25. The normalized spacial score (nSPS) is 21.0. The minimum atomic E-state index is -4.24. The van der Waals surface area contributed by atoms with Crippen LogP contribution in [0, 0.1) is 16.0 Å². The molecule has 1 amide bonds. The van der Waals surface area contributed by atoms with Gasteiger partial charge in [-0.05, 0) is 74.8 Å². The van der Waals surface area contributed by atoms with Crippen LogP contribution in [-0.4, -0.2) is 36.2 Å². The molecule has 2 aliphatic rings. The standard InChI is InChI=1S/C23H26N2O6S/c1-16-5-9-18(10-6-16)24(19-11-12-19)23(26)17-7-13-21(14-8-17)31-32(29,30)22-4-2-3-20(15-22)25(27)28/h2-4,7-8,13-16,18-19H,5-6,9-12H2,1H3. The fourth-order valence-corrected chi connectivity index (χ4v) is 5.20. The van der Waals surface area contributed by atoms with Gasteiger partial charge in [0.1, 0.15) is 10.6 Å². The molecule has 0 bridgehead atoms. The fourth-order valence-electron chi connectivity index (χ4n) is 4.23. The zero-order valence-electron chi connectivity index (χ0n) is 17.8. The first-order valence-electron chi connectivity index (χ1n) is 10.9. The van der Waals surface area contributed by atoms with Crippen molar-refractivity contribution in [1.82, 2.24) is 4.90 Å². The summed E-state index contributed by atoms with van der Waals surface area (Å²) >= 11 is 0. The van der Waals surface area contributed by atoms with Crippen LogP contribution >= 0.6 is 0 Å². The van der Waals surface area contributed by atoms with Crippen molar-refractivity contribution < 1.29 is 22.3 Å². The summed E-state index contributed by atoms with van der Waals surface area (Å²) in [5.41, 5.74) is 0.156. The van der Waals surface area contributed by atoms with Crippen molar-refractivity contribution in [2.45, 2.75) is 62.4 Å². The summed E-state index contributed by atoms with van der Waals surface area (Å²) in [6.07, 6.45) is 6.35. The van der Waals surface area contributed by atoms with E-state index in [2.05, 4.69) is 6.92 Å². The first-order chi connectivity index (χ1) is 15.2. The topological polar surface area (TPSA) is 107 Å². The van der Waals surface area contributed by atoms with Gasteiger partial charge in [0.2, 0.25) is 0 Å². The van der Waals surface area contributed by atoms with Crippen molar-refractivity contribution in [3.8, 4) is 5.75 Å². The SMILES string of the molecule is CC1CCC(N(C(=O)c2ccc(OS(=O)(=O)c3cccc([N+](=O)[O-])c3)cc2)C2CC2)CC1. The van der Waals surface area contributed by atoms with Crippen molar-refractivity contribution in [1.29, 1.82) is 0 Å². The smallest absolute Gasteiger partial charge is 0.339 e. The Morgan fingerprint density at radius 1 is 1.00 bits per heavy atom. The molecule has 0 aromatic heterocycles. The molecule has 9 heteroatoms. The Hall–Kier alpha value is -2.94. The van der Waals surface area contributed by atoms with Crippen LogP contribution in [-0.2, 0) is 10.1 Å². The number of nitrogens with zero attached hydrogens (tertiary/aromatic N) is 2. The number of nitro benzene ring substituents is 1. The van der Waals surface area contributed by atoms with Crippen LogP contribution < -0.4 is 4.18 Å². The lowest BCUT2D eigenvalue weighted by atomic mass is 9.86. The zero-order valence-corrected chi connectivity index (χ0v) is 18.7. The molecule has 0 atom stereocenters. The molecular formula is C23H26N2O6S. The van der Waals surface area contributed by atoms with Crippen LogP contribution in [0.1, 0.15) is 55.8 Å². The van der Waals surface area contributed by atoms with E-state index in [9.17, 15) is 23.3 Å². The van der Waals surface area contributed by atoms with Gasteiger partial charge in [-0.1, -0.05) is 13.0 Å². The third-order valence-corrected chi connectivity index (χ3v) is 7.42. The first-order valence-corrected chi connectivity index (χ1v) is 12.3. The van der Waals surface area contributed by atoms with Gasteiger partial charge in [0.15, 0.2) is 0 Å². The van der Waals surface area contributed by atoms with Crippen LogP contribution in [0.5, 0.6) is 5.75 Å². The predicted octanol–water partition coefficient (Wildman–Crippen LogP) is 4.55. The van der Waals surface area contributed by atoms with Crippen molar-refractivity contribution in [2.75, 3.05) is 0 Å². The van der Waals surface area contributed by atoms with Gasteiger partial charge >= 0.3 is 10.1 Å². The number of carbonyl (C=O) groups is 1.